The molecule has 4 atom stereocenters. The number of rotatable bonds is 2. The monoisotopic (exact) mass is 268 g/mol. The molecule has 0 aromatic carbocycles. The minimum atomic E-state index is -0.762. The zero-order valence-electron chi connectivity index (χ0n) is 10.8. The number of aryl methyl sites for hydroxylation is 1. The fourth-order valence-electron chi connectivity index (χ4n) is 2.75. The van der Waals surface area contributed by atoms with Crippen LogP contribution in [0.1, 0.15) is 25.1 Å². The van der Waals surface area contributed by atoms with Crippen LogP contribution in [0.5, 0.6) is 0 Å². The number of ether oxygens (including phenoxy) is 2. The minimum Gasteiger partial charge on any atom is -0.387 e. The molecule has 3 rings (SSSR count). The number of nitrogens with one attached hydrogen (secondary N) is 1. The zero-order chi connectivity index (χ0) is 13.8. The van der Waals surface area contributed by atoms with Crippen molar-refractivity contribution in [2.75, 3.05) is 6.61 Å². The second-order valence-corrected chi connectivity index (χ2v) is 5.13. The average molecular weight is 268 g/mol. The van der Waals surface area contributed by atoms with Crippen LogP contribution < -0.4 is 11.2 Å². The molecule has 2 N–H and O–H groups in total. The Labute approximate surface area is 108 Å². The number of hydrogen-bond acceptors (Lipinski definition) is 5. The normalized spacial score (nSPS) is 36.9. The molecule has 104 valence electrons. The number of aromatic amines is 1. The Morgan fingerprint density at radius 1 is 1.58 bits per heavy atom. The van der Waals surface area contributed by atoms with Gasteiger partial charge in [-0.05, 0) is 13.3 Å². The quantitative estimate of drug-likeness (QED) is 0.738. The fourth-order valence-corrected chi connectivity index (χ4v) is 2.75. The van der Waals surface area contributed by atoms with Gasteiger partial charge >= 0.3 is 5.69 Å². The smallest absolute Gasteiger partial charge is 0.330 e. The molecule has 3 heterocycles. The Morgan fingerprint density at radius 3 is 2.95 bits per heavy atom. The van der Waals surface area contributed by atoms with E-state index in [1.807, 2.05) is 6.92 Å². The molecule has 0 aliphatic carbocycles. The molecule has 19 heavy (non-hydrogen) atoms. The summed E-state index contributed by atoms with van der Waals surface area (Å²) in [6.07, 6.45) is -0.0131. The first kappa shape index (κ1) is 12.6. The van der Waals surface area contributed by atoms with Crippen molar-refractivity contribution in [3.05, 3.63) is 32.6 Å². The lowest BCUT2D eigenvalue weighted by Gasteiger charge is -2.30. The molecule has 2 bridgehead atoms. The Hall–Kier alpha value is -1.44. The number of aromatic nitrogens is 2. The molecule has 2 saturated heterocycles. The van der Waals surface area contributed by atoms with Crippen molar-refractivity contribution in [2.45, 2.75) is 44.3 Å². The van der Waals surface area contributed by atoms with Crippen molar-refractivity contribution in [2.24, 2.45) is 0 Å². The third-order valence-corrected chi connectivity index (χ3v) is 4.03. The van der Waals surface area contributed by atoms with Gasteiger partial charge in [-0.25, -0.2) is 4.79 Å². The second kappa shape index (κ2) is 4.03. The Kier molecular flexibility index (Phi) is 2.67. The van der Waals surface area contributed by atoms with E-state index < -0.39 is 35.3 Å². The minimum absolute atomic E-state index is 0.322. The summed E-state index contributed by atoms with van der Waals surface area (Å²) in [6.45, 7) is 3.83. The molecular formula is C12H16N2O5. The van der Waals surface area contributed by atoms with E-state index >= 15 is 0 Å². The van der Waals surface area contributed by atoms with E-state index in [4.69, 9.17) is 9.47 Å². The van der Waals surface area contributed by atoms with E-state index in [2.05, 4.69) is 4.98 Å². The van der Waals surface area contributed by atoms with Crippen LogP contribution in [-0.2, 0) is 9.47 Å². The van der Waals surface area contributed by atoms with Crippen LogP contribution in [0, 0.1) is 6.92 Å². The van der Waals surface area contributed by atoms with Gasteiger partial charge in [0, 0.05) is 11.8 Å². The molecule has 1 unspecified atom stereocenters. The highest BCUT2D eigenvalue weighted by molar-refractivity contribution is 5.08. The van der Waals surface area contributed by atoms with Crippen LogP contribution in [0.15, 0.2) is 15.8 Å². The van der Waals surface area contributed by atoms with E-state index in [-0.39, 0.29) is 0 Å². The number of aliphatic hydroxyl groups is 1. The first-order chi connectivity index (χ1) is 8.98. The Morgan fingerprint density at radius 2 is 2.32 bits per heavy atom. The van der Waals surface area contributed by atoms with E-state index in [0.29, 0.717) is 18.6 Å². The Balaban J connectivity index is 2.04. The summed E-state index contributed by atoms with van der Waals surface area (Å²) >= 11 is 0. The first-order valence-corrected chi connectivity index (χ1v) is 6.28. The van der Waals surface area contributed by atoms with Crippen LogP contribution in [0.4, 0.5) is 0 Å². The molecule has 2 aliphatic rings. The predicted molar refractivity (Wildman–Crippen MR) is 65.0 cm³/mol. The molecule has 7 heteroatoms. The summed E-state index contributed by atoms with van der Waals surface area (Å²) in [5.41, 5.74) is -1.32. The molecule has 0 saturated carbocycles. The van der Waals surface area contributed by atoms with Crippen molar-refractivity contribution in [3.63, 3.8) is 0 Å². The van der Waals surface area contributed by atoms with Crippen molar-refractivity contribution in [3.8, 4) is 0 Å². The van der Waals surface area contributed by atoms with Gasteiger partial charge in [-0.15, -0.1) is 0 Å². The van der Waals surface area contributed by atoms with Crippen molar-refractivity contribution >= 4 is 0 Å². The molecule has 2 aliphatic heterocycles. The van der Waals surface area contributed by atoms with Gasteiger partial charge < -0.3 is 14.6 Å². The number of aliphatic hydroxyl groups excluding tert-OH is 1. The lowest BCUT2D eigenvalue weighted by Crippen LogP contribution is -2.41. The summed E-state index contributed by atoms with van der Waals surface area (Å²) in [4.78, 5) is 25.4. The first-order valence-electron chi connectivity index (χ1n) is 6.28. The third kappa shape index (κ3) is 1.62. The third-order valence-electron chi connectivity index (χ3n) is 4.03. The van der Waals surface area contributed by atoms with E-state index in [1.165, 1.54) is 10.8 Å². The van der Waals surface area contributed by atoms with Crippen molar-refractivity contribution in [1.29, 1.82) is 0 Å². The topological polar surface area (TPSA) is 93.5 Å². The summed E-state index contributed by atoms with van der Waals surface area (Å²) in [6, 6.07) is 0. The number of nitrogens with zero attached hydrogens (tertiary/aromatic N) is 1. The standard InChI is InChI=1S/C12H16N2O5/c1-3-12-5-18-7(8(12)15)10(19-12)14-4-6(2)9(16)13-11(14)17/h4,7-8,10,15H,3,5H2,1-2H3,(H,13,16,17)/t7-,8?,10+,12-/m0/s1. The van der Waals surface area contributed by atoms with Gasteiger partial charge in [0.05, 0.1) is 6.61 Å². The van der Waals surface area contributed by atoms with Gasteiger partial charge in [-0.2, -0.15) is 0 Å². The summed E-state index contributed by atoms with van der Waals surface area (Å²) < 4.78 is 12.6. The molecule has 0 amide bonds. The summed E-state index contributed by atoms with van der Waals surface area (Å²) in [7, 11) is 0. The molecule has 0 spiro atoms. The highest BCUT2D eigenvalue weighted by Crippen LogP contribution is 2.46. The Bertz CT molecular complexity index is 621. The van der Waals surface area contributed by atoms with Crippen LogP contribution in [0.2, 0.25) is 0 Å². The van der Waals surface area contributed by atoms with Crippen LogP contribution in [0.3, 0.4) is 0 Å². The van der Waals surface area contributed by atoms with E-state index in [0.717, 1.165) is 0 Å². The predicted octanol–water partition coefficient (Wildman–Crippen LogP) is -0.718. The average Bonchev–Trinajstić information content (AvgIpc) is 2.85. The second-order valence-electron chi connectivity index (χ2n) is 5.13. The largest absolute Gasteiger partial charge is 0.387 e. The fraction of sp³-hybridized carbons (Fsp3) is 0.667. The molecule has 7 nitrogen and oxygen atoms in total. The van der Waals surface area contributed by atoms with Crippen molar-refractivity contribution in [1.82, 2.24) is 9.55 Å². The lowest BCUT2D eigenvalue weighted by molar-refractivity contribution is -0.175. The van der Waals surface area contributed by atoms with Crippen molar-refractivity contribution < 1.29 is 14.6 Å². The number of hydrogen-bond donors (Lipinski definition) is 2. The maximum Gasteiger partial charge on any atom is 0.330 e. The molecule has 1 aromatic rings. The number of fused-ring (bicyclic) bond motifs is 2. The van der Waals surface area contributed by atoms with Gasteiger partial charge in [0.25, 0.3) is 5.56 Å². The molecule has 0 radical (unpaired) electrons. The number of H-pyrrole nitrogens is 1. The van der Waals surface area contributed by atoms with Crippen LogP contribution in [-0.4, -0.2) is 39.1 Å². The van der Waals surface area contributed by atoms with Gasteiger partial charge in [0.2, 0.25) is 0 Å². The summed E-state index contributed by atoms with van der Waals surface area (Å²) in [5, 5.41) is 10.2. The highest BCUT2D eigenvalue weighted by Gasteiger charge is 2.60. The molecule has 1 aromatic heterocycles. The van der Waals surface area contributed by atoms with Gasteiger partial charge in [-0.3, -0.25) is 14.3 Å². The molecule has 2 fully saturated rings. The zero-order valence-corrected chi connectivity index (χ0v) is 10.8. The maximum absolute atomic E-state index is 11.8. The van der Waals surface area contributed by atoms with Gasteiger partial charge in [0.15, 0.2) is 6.23 Å². The van der Waals surface area contributed by atoms with Gasteiger partial charge in [-0.1, -0.05) is 6.92 Å². The lowest BCUT2D eigenvalue weighted by atomic mass is 9.96. The maximum atomic E-state index is 11.8. The summed E-state index contributed by atoms with van der Waals surface area (Å²) in [5.74, 6) is 0. The van der Waals surface area contributed by atoms with Gasteiger partial charge in [0.1, 0.15) is 17.8 Å². The van der Waals surface area contributed by atoms with E-state index in [1.54, 1.807) is 6.92 Å². The van der Waals surface area contributed by atoms with E-state index in [9.17, 15) is 14.7 Å². The van der Waals surface area contributed by atoms with Crippen LogP contribution >= 0.6 is 0 Å². The SMILES string of the molecule is CC[C@]12CO[C@@H](C1O)[C@H](n1cc(C)c(=O)[nH]c1=O)O2. The molecular weight excluding hydrogens is 252 g/mol. The van der Waals surface area contributed by atoms with Crippen LogP contribution in [0.25, 0.3) is 0 Å². The highest BCUT2D eigenvalue weighted by atomic mass is 16.6.